The van der Waals surface area contributed by atoms with Crippen molar-refractivity contribution >= 4 is 0 Å². The van der Waals surface area contributed by atoms with Gasteiger partial charge in [0.2, 0.25) is 0 Å². The van der Waals surface area contributed by atoms with Gasteiger partial charge in [0.05, 0.1) is 12.7 Å². The lowest BCUT2D eigenvalue weighted by molar-refractivity contribution is -0.256. The number of rotatable bonds is 17. The van der Waals surface area contributed by atoms with Gasteiger partial charge < -0.3 is 24.8 Å². The van der Waals surface area contributed by atoms with Crippen molar-refractivity contribution in [3.05, 3.63) is 0 Å². The van der Waals surface area contributed by atoms with E-state index in [-0.39, 0.29) is 13.0 Å². The lowest BCUT2D eigenvalue weighted by Gasteiger charge is -2.36. The first-order chi connectivity index (χ1) is 13.2. The molecule has 4 atom stereocenters. The van der Waals surface area contributed by atoms with Gasteiger partial charge in [-0.15, -0.1) is 0 Å². The molecule has 0 spiro atoms. The summed E-state index contributed by atoms with van der Waals surface area (Å²) in [6.07, 6.45) is 15.6. The zero-order valence-electron chi connectivity index (χ0n) is 17.5. The molecule has 5 heteroatoms. The van der Waals surface area contributed by atoms with E-state index in [1.54, 1.807) is 0 Å². The Hall–Kier alpha value is -0.200. The first kappa shape index (κ1) is 24.8. The molecule has 1 aliphatic rings. The molecule has 0 radical (unpaired) electrons. The number of aliphatic hydroxyl groups excluding tert-OH is 3. The van der Waals surface area contributed by atoms with Crippen LogP contribution in [0.4, 0.5) is 0 Å². The smallest absolute Gasteiger partial charge is 0.160 e. The molecule has 0 bridgehead atoms. The van der Waals surface area contributed by atoms with E-state index in [0.29, 0.717) is 6.61 Å². The molecular weight excluding hydrogens is 344 g/mol. The third kappa shape index (κ3) is 12.1. The van der Waals surface area contributed by atoms with E-state index in [0.717, 1.165) is 12.8 Å². The monoisotopic (exact) mass is 388 g/mol. The van der Waals surface area contributed by atoms with Gasteiger partial charge in [-0.1, -0.05) is 90.4 Å². The zero-order valence-corrected chi connectivity index (χ0v) is 17.5. The Morgan fingerprint density at radius 3 is 1.74 bits per heavy atom. The Kier molecular flexibility index (Phi) is 15.4. The highest BCUT2D eigenvalue weighted by molar-refractivity contribution is 4.82. The maximum Gasteiger partial charge on any atom is 0.160 e. The lowest BCUT2D eigenvalue weighted by Crippen LogP contribution is -2.50. The highest BCUT2D eigenvalue weighted by atomic mass is 16.7. The molecular formula is C22H44O5. The van der Waals surface area contributed by atoms with E-state index >= 15 is 0 Å². The predicted octanol–water partition coefficient (Wildman–Crippen LogP) is 4.31. The van der Waals surface area contributed by atoms with Crippen molar-refractivity contribution in [3.8, 4) is 0 Å². The van der Waals surface area contributed by atoms with Gasteiger partial charge in [0.25, 0.3) is 0 Å². The van der Waals surface area contributed by atoms with Gasteiger partial charge in [-0.3, -0.25) is 0 Å². The largest absolute Gasteiger partial charge is 0.394 e. The predicted molar refractivity (Wildman–Crippen MR) is 109 cm³/mol. The molecule has 1 fully saturated rings. The molecule has 5 nitrogen and oxygen atoms in total. The van der Waals surface area contributed by atoms with Crippen LogP contribution in [-0.4, -0.2) is 53.1 Å². The fourth-order valence-electron chi connectivity index (χ4n) is 3.69. The number of unbranched alkanes of at least 4 members (excludes halogenated alkanes) is 13. The van der Waals surface area contributed by atoms with Crippen molar-refractivity contribution in [1.29, 1.82) is 0 Å². The van der Waals surface area contributed by atoms with Crippen LogP contribution in [0.2, 0.25) is 0 Å². The highest BCUT2D eigenvalue weighted by Gasteiger charge is 2.36. The summed E-state index contributed by atoms with van der Waals surface area (Å²) in [5, 5.41) is 28.6. The molecule has 0 amide bonds. The standard InChI is InChI=1S/C22H44O5/c1-2-3-4-5-6-7-8-9-10-11-12-13-14-15-16-26-21-17-19(24)22(25)20(18-23)27-21/h19-25H,2-18H2,1H3/t19-,20-,21+,22+/m1/s1. The summed E-state index contributed by atoms with van der Waals surface area (Å²) in [5.74, 6) is 0. The summed E-state index contributed by atoms with van der Waals surface area (Å²) in [4.78, 5) is 0. The molecule has 1 heterocycles. The van der Waals surface area contributed by atoms with Crippen molar-refractivity contribution in [2.24, 2.45) is 0 Å². The van der Waals surface area contributed by atoms with Crippen molar-refractivity contribution in [3.63, 3.8) is 0 Å². The van der Waals surface area contributed by atoms with Crippen LogP contribution < -0.4 is 0 Å². The lowest BCUT2D eigenvalue weighted by atomic mass is 10.0. The van der Waals surface area contributed by atoms with Crippen LogP contribution in [0.5, 0.6) is 0 Å². The summed E-state index contributed by atoms with van der Waals surface area (Å²) < 4.78 is 11.1. The van der Waals surface area contributed by atoms with Gasteiger partial charge in [-0.2, -0.15) is 0 Å². The van der Waals surface area contributed by atoms with Crippen LogP contribution in [0.25, 0.3) is 0 Å². The van der Waals surface area contributed by atoms with Gasteiger partial charge in [0.1, 0.15) is 12.2 Å². The SMILES string of the molecule is CCCCCCCCCCCCCCCCO[C@@H]1C[C@@H](O)[C@H](O)[C@@H](CO)O1. The summed E-state index contributed by atoms with van der Waals surface area (Å²) >= 11 is 0. The Morgan fingerprint density at radius 2 is 1.26 bits per heavy atom. The maximum absolute atomic E-state index is 9.75. The maximum atomic E-state index is 9.75. The number of hydrogen-bond acceptors (Lipinski definition) is 5. The Morgan fingerprint density at radius 1 is 0.778 bits per heavy atom. The minimum Gasteiger partial charge on any atom is -0.394 e. The van der Waals surface area contributed by atoms with Crippen LogP contribution in [0, 0.1) is 0 Å². The fourth-order valence-corrected chi connectivity index (χ4v) is 3.69. The molecule has 3 N–H and O–H groups in total. The van der Waals surface area contributed by atoms with E-state index in [1.165, 1.54) is 77.0 Å². The minimum absolute atomic E-state index is 0.260. The van der Waals surface area contributed by atoms with E-state index in [1.807, 2.05) is 0 Å². The third-order valence-corrected chi connectivity index (χ3v) is 5.52. The van der Waals surface area contributed by atoms with Crippen molar-refractivity contribution in [1.82, 2.24) is 0 Å². The normalized spacial score (nSPS) is 25.8. The Balaban J connectivity index is 1.83. The van der Waals surface area contributed by atoms with E-state index in [2.05, 4.69) is 6.92 Å². The van der Waals surface area contributed by atoms with Crippen LogP contribution in [0.3, 0.4) is 0 Å². The van der Waals surface area contributed by atoms with Crippen LogP contribution in [0.15, 0.2) is 0 Å². The van der Waals surface area contributed by atoms with Gasteiger partial charge in [-0.05, 0) is 6.42 Å². The summed E-state index contributed by atoms with van der Waals surface area (Å²) in [7, 11) is 0. The quantitative estimate of drug-likeness (QED) is 0.324. The van der Waals surface area contributed by atoms with E-state index < -0.39 is 24.6 Å². The highest BCUT2D eigenvalue weighted by Crippen LogP contribution is 2.21. The second-order valence-corrected chi connectivity index (χ2v) is 8.05. The number of hydrogen-bond donors (Lipinski definition) is 3. The number of aliphatic hydroxyl groups is 3. The second kappa shape index (κ2) is 16.7. The molecule has 1 aliphatic heterocycles. The Bertz CT molecular complexity index is 326. The van der Waals surface area contributed by atoms with E-state index in [4.69, 9.17) is 14.6 Å². The molecule has 0 aliphatic carbocycles. The average molecular weight is 389 g/mol. The third-order valence-electron chi connectivity index (χ3n) is 5.52. The van der Waals surface area contributed by atoms with Crippen molar-refractivity contribution < 1.29 is 24.8 Å². The minimum atomic E-state index is -1.03. The molecule has 0 aromatic heterocycles. The number of ether oxygens (including phenoxy) is 2. The summed E-state index contributed by atoms with van der Waals surface area (Å²) in [6.45, 7) is 2.56. The summed E-state index contributed by atoms with van der Waals surface area (Å²) in [5.41, 5.74) is 0. The second-order valence-electron chi connectivity index (χ2n) is 8.05. The molecule has 0 saturated carbocycles. The average Bonchev–Trinajstić information content (AvgIpc) is 2.67. The molecule has 1 rings (SSSR count). The van der Waals surface area contributed by atoms with Crippen LogP contribution in [-0.2, 0) is 9.47 Å². The van der Waals surface area contributed by atoms with Crippen LogP contribution >= 0.6 is 0 Å². The summed E-state index contributed by atoms with van der Waals surface area (Å²) in [6, 6.07) is 0. The molecule has 1 saturated heterocycles. The first-order valence-electron chi connectivity index (χ1n) is 11.4. The van der Waals surface area contributed by atoms with Crippen molar-refractivity contribution in [2.45, 2.75) is 128 Å². The van der Waals surface area contributed by atoms with Crippen molar-refractivity contribution in [2.75, 3.05) is 13.2 Å². The van der Waals surface area contributed by atoms with Crippen LogP contribution in [0.1, 0.15) is 103 Å². The van der Waals surface area contributed by atoms with Gasteiger partial charge in [0.15, 0.2) is 6.29 Å². The topological polar surface area (TPSA) is 79.2 Å². The molecule has 27 heavy (non-hydrogen) atoms. The van der Waals surface area contributed by atoms with Gasteiger partial charge in [-0.25, -0.2) is 0 Å². The molecule has 162 valence electrons. The molecule has 0 aromatic carbocycles. The van der Waals surface area contributed by atoms with Gasteiger partial charge in [0, 0.05) is 13.0 Å². The zero-order chi connectivity index (χ0) is 19.7. The van der Waals surface area contributed by atoms with E-state index in [9.17, 15) is 10.2 Å². The fraction of sp³-hybridized carbons (Fsp3) is 1.00. The first-order valence-corrected chi connectivity index (χ1v) is 11.4. The molecule has 0 aromatic rings. The Labute approximate surface area is 166 Å². The molecule has 0 unspecified atom stereocenters. The van der Waals surface area contributed by atoms with Gasteiger partial charge >= 0.3 is 0 Å².